The van der Waals surface area contributed by atoms with Crippen LogP contribution in [0.3, 0.4) is 0 Å². The number of aromatic nitrogens is 1. The van der Waals surface area contributed by atoms with Crippen LogP contribution in [0.5, 0.6) is 0 Å². The number of ether oxygens (including phenoxy) is 1. The first-order valence-electron chi connectivity index (χ1n) is 6.47. The molecule has 0 aromatic carbocycles. The van der Waals surface area contributed by atoms with Crippen LogP contribution in [0, 0.1) is 5.41 Å². The second kappa shape index (κ2) is 4.45. The molecule has 0 atom stereocenters. The Morgan fingerprint density at radius 3 is 2.47 bits per heavy atom. The van der Waals surface area contributed by atoms with Gasteiger partial charge >= 0.3 is 0 Å². The first kappa shape index (κ1) is 12.9. The van der Waals surface area contributed by atoms with Gasteiger partial charge in [0.15, 0.2) is 9.84 Å². The zero-order valence-corrected chi connectivity index (χ0v) is 11.8. The number of anilines is 1. The van der Waals surface area contributed by atoms with E-state index < -0.39 is 9.84 Å². The standard InChI is InChI=1S/C13H18N2O3S/c1-19(16,17)11-2-3-12(14-8-11)15-9-13(10-15)4-6-18-7-5-13/h2-3,8H,4-7,9-10H2,1H3. The van der Waals surface area contributed by atoms with Gasteiger partial charge in [-0.1, -0.05) is 0 Å². The maximum absolute atomic E-state index is 11.4. The van der Waals surface area contributed by atoms with E-state index in [-0.39, 0.29) is 4.90 Å². The van der Waals surface area contributed by atoms with Gasteiger partial charge in [0.1, 0.15) is 5.82 Å². The lowest BCUT2D eigenvalue weighted by Crippen LogP contribution is -2.58. The third-order valence-corrected chi connectivity index (χ3v) is 5.18. The van der Waals surface area contributed by atoms with Gasteiger partial charge in [-0.2, -0.15) is 0 Å². The third-order valence-electron chi connectivity index (χ3n) is 4.08. The molecule has 0 unspecified atom stereocenters. The Labute approximate surface area is 113 Å². The Bertz CT molecular complexity index is 554. The second-order valence-corrected chi connectivity index (χ2v) is 7.61. The molecule has 2 aliphatic heterocycles. The van der Waals surface area contributed by atoms with Crippen LogP contribution in [0.25, 0.3) is 0 Å². The molecule has 1 aromatic rings. The van der Waals surface area contributed by atoms with Crippen molar-refractivity contribution in [2.24, 2.45) is 5.41 Å². The van der Waals surface area contributed by atoms with E-state index in [4.69, 9.17) is 4.74 Å². The summed E-state index contributed by atoms with van der Waals surface area (Å²) in [6.45, 7) is 3.71. The van der Waals surface area contributed by atoms with Crippen molar-refractivity contribution in [1.82, 2.24) is 4.98 Å². The van der Waals surface area contributed by atoms with Crippen LogP contribution < -0.4 is 4.90 Å². The molecular weight excluding hydrogens is 264 g/mol. The number of sulfone groups is 1. The van der Waals surface area contributed by atoms with Gasteiger partial charge in [0.2, 0.25) is 0 Å². The number of hydrogen-bond donors (Lipinski definition) is 0. The molecule has 2 saturated heterocycles. The highest BCUT2D eigenvalue weighted by molar-refractivity contribution is 7.90. The molecule has 19 heavy (non-hydrogen) atoms. The van der Waals surface area contributed by atoms with Crippen molar-refractivity contribution in [3.05, 3.63) is 18.3 Å². The van der Waals surface area contributed by atoms with Crippen molar-refractivity contribution in [3.63, 3.8) is 0 Å². The van der Waals surface area contributed by atoms with Crippen molar-refractivity contribution in [1.29, 1.82) is 0 Å². The van der Waals surface area contributed by atoms with Crippen molar-refractivity contribution in [2.75, 3.05) is 37.5 Å². The summed E-state index contributed by atoms with van der Waals surface area (Å²) in [7, 11) is -3.16. The third kappa shape index (κ3) is 2.47. The molecule has 0 radical (unpaired) electrons. The summed E-state index contributed by atoms with van der Waals surface area (Å²) in [5.41, 5.74) is 0.398. The largest absolute Gasteiger partial charge is 0.381 e. The molecule has 3 heterocycles. The average molecular weight is 282 g/mol. The van der Waals surface area contributed by atoms with Crippen LogP contribution in [0.1, 0.15) is 12.8 Å². The molecule has 0 bridgehead atoms. The highest BCUT2D eigenvalue weighted by atomic mass is 32.2. The molecule has 1 spiro atoms. The van der Waals surface area contributed by atoms with Crippen molar-refractivity contribution in [3.8, 4) is 0 Å². The van der Waals surface area contributed by atoms with Gasteiger partial charge in [-0.3, -0.25) is 0 Å². The predicted molar refractivity (Wildman–Crippen MR) is 72.0 cm³/mol. The molecule has 2 aliphatic rings. The number of rotatable bonds is 2. The van der Waals surface area contributed by atoms with Gasteiger partial charge < -0.3 is 9.64 Å². The molecule has 3 rings (SSSR count). The molecule has 0 saturated carbocycles. The fourth-order valence-corrected chi connectivity index (χ4v) is 3.38. The van der Waals surface area contributed by atoms with E-state index in [1.807, 2.05) is 0 Å². The first-order valence-corrected chi connectivity index (χ1v) is 8.37. The topological polar surface area (TPSA) is 59.5 Å². The van der Waals surface area contributed by atoms with E-state index in [9.17, 15) is 8.42 Å². The fraction of sp³-hybridized carbons (Fsp3) is 0.615. The van der Waals surface area contributed by atoms with Crippen LogP contribution in [0.2, 0.25) is 0 Å². The summed E-state index contributed by atoms with van der Waals surface area (Å²) >= 11 is 0. The van der Waals surface area contributed by atoms with Gasteiger partial charge in [0.25, 0.3) is 0 Å². The summed E-state index contributed by atoms with van der Waals surface area (Å²) in [6, 6.07) is 3.43. The smallest absolute Gasteiger partial charge is 0.177 e. The Balaban J connectivity index is 1.69. The maximum atomic E-state index is 11.4. The second-order valence-electron chi connectivity index (χ2n) is 5.59. The van der Waals surface area contributed by atoms with Crippen molar-refractivity contribution in [2.45, 2.75) is 17.7 Å². The van der Waals surface area contributed by atoms with Crippen LogP contribution in [0.15, 0.2) is 23.2 Å². The highest BCUT2D eigenvalue weighted by Gasteiger charge is 2.44. The lowest BCUT2D eigenvalue weighted by Gasteiger charge is -2.52. The average Bonchev–Trinajstić information content (AvgIpc) is 2.36. The van der Waals surface area contributed by atoms with Gasteiger partial charge in [-0.15, -0.1) is 0 Å². The lowest BCUT2D eigenvalue weighted by atomic mass is 9.73. The minimum atomic E-state index is -3.16. The molecule has 0 amide bonds. The Morgan fingerprint density at radius 2 is 1.95 bits per heavy atom. The van der Waals surface area contributed by atoms with E-state index in [0.717, 1.165) is 45.0 Å². The van der Waals surface area contributed by atoms with Crippen LogP contribution >= 0.6 is 0 Å². The Morgan fingerprint density at radius 1 is 1.26 bits per heavy atom. The quantitative estimate of drug-likeness (QED) is 0.813. The predicted octanol–water partition coefficient (Wildman–Crippen LogP) is 1.10. The minimum Gasteiger partial charge on any atom is -0.381 e. The van der Waals surface area contributed by atoms with Gasteiger partial charge in [0.05, 0.1) is 4.90 Å². The van der Waals surface area contributed by atoms with E-state index in [0.29, 0.717) is 5.41 Å². The van der Waals surface area contributed by atoms with Crippen LogP contribution in [-0.2, 0) is 14.6 Å². The van der Waals surface area contributed by atoms with E-state index in [1.54, 1.807) is 12.1 Å². The summed E-state index contributed by atoms with van der Waals surface area (Å²) in [4.78, 5) is 6.74. The number of pyridine rings is 1. The summed E-state index contributed by atoms with van der Waals surface area (Å²) in [6.07, 6.45) is 4.87. The summed E-state index contributed by atoms with van der Waals surface area (Å²) in [5, 5.41) is 0. The molecule has 104 valence electrons. The van der Waals surface area contributed by atoms with Crippen LogP contribution in [0.4, 0.5) is 5.82 Å². The molecule has 2 fully saturated rings. The Kier molecular flexibility index (Phi) is 3.02. The van der Waals surface area contributed by atoms with E-state index in [2.05, 4.69) is 9.88 Å². The SMILES string of the molecule is CS(=O)(=O)c1ccc(N2CC3(CCOCC3)C2)nc1. The summed E-state index contributed by atoms with van der Waals surface area (Å²) in [5.74, 6) is 0.865. The maximum Gasteiger partial charge on any atom is 0.177 e. The molecular formula is C13H18N2O3S. The van der Waals surface area contributed by atoms with Gasteiger partial charge in [0, 0.05) is 44.2 Å². The zero-order valence-electron chi connectivity index (χ0n) is 11.0. The number of nitrogens with zero attached hydrogens (tertiary/aromatic N) is 2. The fourth-order valence-electron chi connectivity index (χ4n) is 2.82. The van der Waals surface area contributed by atoms with Crippen molar-refractivity contribution >= 4 is 15.7 Å². The number of hydrogen-bond acceptors (Lipinski definition) is 5. The van der Waals surface area contributed by atoms with Crippen molar-refractivity contribution < 1.29 is 13.2 Å². The lowest BCUT2D eigenvalue weighted by molar-refractivity contribution is -0.000459. The molecule has 1 aromatic heterocycles. The summed E-state index contributed by atoms with van der Waals surface area (Å²) < 4.78 is 28.1. The van der Waals surface area contributed by atoms with Crippen LogP contribution in [-0.4, -0.2) is 46.0 Å². The molecule has 6 heteroatoms. The first-order chi connectivity index (χ1) is 8.99. The molecule has 5 nitrogen and oxygen atoms in total. The molecule has 0 N–H and O–H groups in total. The van der Waals surface area contributed by atoms with E-state index in [1.165, 1.54) is 12.5 Å². The normalized spacial score (nSPS) is 22.3. The zero-order chi connectivity index (χ0) is 13.5. The molecule has 0 aliphatic carbocycles. The monoisotopic (exact) mass is 282 g/mol. The Hall–Kier alpha value is -1.14. The van der Waals surface area contributed by atoms with Gasteiger partial charge in [-0.05, 0) is 25.0 Å². The van der Waals surface area contributed by atoms with Gasteiger partial charge in [-0.25, -0.2) is 13.4 Å². The van der Waals surface area contributed by atoms with E-state index >= 15 is 0 Å². The minimum absolute atomic E-state index is 0.276. The highest BCUT2D eigenvalue weighted by Crippen LogP contribution is 2.41.